The molecule has 0 fully saturated rings. The highest BCUT2D eigenvalue weighted by molar-refractivity contribution is 6.30. The van der Waals surface area contributed by atoms with Gasteiger partial charge in [0, 0.05) is 0 Å². The molecule has 0 amide bonds. The SMILES string of the molecule is C=C(C)C(NC)c1ccc(Cl)c(F)c1. The van der Waals surface area contributed by atoms with Crippen molar-refractivity contribution >= 4 is 11.6 Å². The van der Waals surface area contributed by atoms with E-state index >= 15 is 0 Å². The van der Waals surface area contributed by atoms with Crippen molar-refractivity contribution in [3.05, 3.63) is 46.8 Å². The highest BCUT2D eigenvalue weighted by Crippen LogP contribution is 2.23. The average molecular weight is 214 g/mol. The zero-order chi connectivity index (χ0) is 10.7. The van der Waals surface area contributed by atoms with E-state index in [1.54, 1.807) is 12.1 Å². The van der Waals surface area contributed by atoms with E-state index in [9.17, 15) is 4.39 Å². The number of nitrogens with one attached hydrogen (secondary N) is 1. The lowest BCUT2D eigenvalue weighted by Gasteiger charge is -2.16. The van der Waals surface area contributed by atoms with Crippen LogP contribution in [0, 0.1) is 5.82 Å². The van der Waals surface area contributed by atoms with Gasteiger partial charge in [-0.3, -0.25) is 0 Å². The van der Waals surface area contributed by atoms with Crippen molar-refractivity contribution in [1.82, 2.24) is 5.32 Å². The number of rotatable bonds is 3. The Hall–Kier alpha value is -0.860. The van der Waals surface area contributed by atoms with Crippen LogP contribution in [0.15, 0.2) is 30.4 Å². The summed E-state index contributed by atoms with van der Waals surface area (Å²) in [7, 11) is 1.81. The van der Waals surface area contributed by atoms with E-state index < -0.39 is 5.82 Å². The second-order valence-electron chi connectivity index (χ2n) is 3.24. The monoisotopic (exact) mass is 213 g/mol. The molecule has 14 heavy (non-hydrogen) atoms. The van der Waals surface area contributed by atoms with Crippen LogP contribution in [0.4, 0.5) is 4.39 Å². The third-order valence-corrected chi connectivity index (χ3v) is 2.36. The Morgan fingerprint density at radius 2 is 2.21 bits per heavy atom. The van der Waals surface area contributed by atoms with Crippen LogP contribution in [0.1, 0.15) is 18.5 Å². The van der Waals surface area contributed by atoms with Crippen LogP contribution in [0.5, 0.6) is 0 Å². The third kappa shape index (κ3) is 2.34. The summed E-state index contributed by atoms with van der Waals surface area (Å²) >= 11 is 5.59. The van der Waals surface area contributed by atoms with Crippen LogP contribution < -0.4 is 5.32 Å². The first-order chi connectivity index (χ1) is 6.56. The van der Waals surface area contributed by atoms with Gasteiger partial charge in [-0.05, 0) is 31.7 Å². The van der Waals surface area contributed by atoms with Crippen LogP contribution in [0.2, 0.25) is 5.02 Å². The maximum atomic E-state index is 13.1. The molecule has 0 bridgehead atoms. The van der Waals surface area contributed by atoms with E-state index in [0.29, 0.717) is 0 Å². The third-order valence-electron chi connectivity index (χ3n) is 2.06. The summed E-state index contributed by atoms with van der Waals surface area (Å²) in [6, 6.07) is 4.75. The van der Waals surface area contributed by atoms with Gasteiger partial charge in [-0.2, -0.15) is 0 Å². The first-order valence-corrected chi connectivity index (χ1v) is 4.71. The van der Waals surface area contributed by atoms with Crippen molar-refractivity contribution in [2.75, 3.05) is 7.05 Å². The van der Waals surface area contributed by atoms with Gasteiger partial charge in [0.15, 0.2) is 0 Å². The van der Waals surface area contributed by atoms with Gasteiger partial charge < -0.3 is 5.32 Å². The lowest BCUT2D eigenvalue weighted by Crippen LogP contribution is -2.17. The minimum absolute atomic E-state index is 0.0261. The molecule has 0 radical (unpaired) electrons. The first-order valence-electron chi connectivity index (χ1n) is 4.34. The average Bonchev–Trinajstić information content (AvgIpc) is 2.11. The van der Waals surface area contributed by atoms with Crippen LogP contribution in [0.3, 0.4) is 0 Å². The molecule has 0 aliphatic carbocycles. The summed E-state index contributed by atoms with van der Waals surface area (Å²) in [6.07, 6.45) is 0. The molecule has 0 aliphatic rings. The number of halogens is 2. The molecule has 76 valence electrons. The topological polar surface area (TPSA) is 12.0 Å². The van der Waals surface area contributed by atoms with E-state index in [4.69, 9.17) is 11.6 Å². The van der Waals surface area contributed by atoms with Gasteiger partial charge in [-0.25, -0.2) is 4.39 Å². The van der Waals surface area contributed by atoms with Gasteiger partial charge in [0.25, 0.3) is 0 Å². The second-order valence-corrected chi connectivity index (χ2v) is 3.65. The Labute approximate surface area is 88.6 Å². The predicted octanol–water partition coefficient (Wildman–Crippen LogP) is 3.32. The molecule has 3 heteroatoms. The fourth-order valence-corrected chi connectivity index (χ4v) is 1.51. The van der Waals surface area contributed by atoms with E-state index in [1.807, 2.05) is 14.0 Å². The molecule has 0 spiro atoms. The molecule has 1 N–H and O–H groups in total. The molecule has 1 rings (SSSR count). The van der Waals surface area contributed by atoms with Crippen molar-refractivity contribution in [1.29, 1.82) is 0 Å². The predicted molar refractivity (Wildman–Crippen MR) is 58.0 cm³/mol. The maximum absolute atomic E-state index is 13.1. The fraction of sp³-hybridized carbons (Fsp3) is 0.273. The minimum atomic E-state index is -0.398. The molecule has 1 unspecified atom stereocenters. The summed E-state index contributed by atoms with van der Waals surface area (Å²) in [5, 5.41) is 3.20. The number of hydrogen-bond acceptors (Lipinski definition) is 1. The maximum Gasteiger partial charge on any atom is 0.142 e. The van der Waals surface area contributed by atoms with E-state index in [1.165, 1.54) is 6.07 Å². The van der Waals surface area contributed by atoms with E-state index in [2.05, 4.69) is 11.9 Å². The number of likely N-dealkylation sites (N-methyl/N-ethyl adjacent to an activating group) is 1. The van der Waals surface area contributed by atoms with Crippen LogP contribution >= 0.6 is 11.6 Å². The normalized spacial score (nSPS) is 12.6. The molecule has 1 atom stereocenters. The van der Waals surface area contributed by atoms with Crippen LogP contribution in [-0.2, 0) is 0 Å². The number of hydrogen-bond donors (Lipinski definition) is 1. The first kappa shape index (κ1) is 11.2. The van der Waals surface area contributed by atoms with E-state index in [-0.39, 0.29) is 11.1 Å². The Bertz CT molecular complexity index is 349. The van der Waals surface area contributed by atoms with Crippen molar-refractivity contribution in [2.45, 2.75) is 13.0 Å². The molecule has 0 heterocycles. The molecule has 0 saturated carbocycles. The van der Waals surface area contributed by atoms with Gasteiger partial charge in [0.2, 0.25) is 0 Å². The molecular formula is C11H13ClFN. The zero-order valence-corrected chi connectivity index (χ0v) is 9.03. The largest absolute Gasteiger partial charge is 0.310 e. The molecule has 0 aromatic heterocycles. The Balaban J connectivity index is 3.06. The van der Waals surface area contributed by atoms with Crippen molar-refractivity contribution in [3.8, 4) is 0 Å². The highest BCUT2D eigenvalue weighted by Gasteiger charge is 2.11. The van der Waals surface area contributed by atoms with Gasteiger partial charge in [0.05, 0.1) is 11.1 Å². The minimum Gasteiger partial charge on any atom is -0.310 e. The molecule has 0 aliphatic heterocycles. The van der Waals surface area contributed by atoms with Gasteiger partial charge in [0.1, 0.15) is 5.82 Å². The standard InChI is InChI=1S/C11H13ClFN/c1-7(2)11(14-3)8-4-5-9(12)10(13)6-8/h4-6,11,14H,1H2,2-3H3. The summed E-state index contributed by atoms with van der Waals surface area (Å²) < 4.78 is 13.1. The van der Waals surface area contributed by atoms with Crippen LogP contribution in [-0.4, -0.2) is 7.05 Å². The van der Waals surface area contributed by atoms with Crippen LogP contribution in [0.25, 0.3) is 0 Å². The van der Waals surface area contributed by atoms with Gasteiger partial charge in [-0.1, -0.05) is 29.8 Å². The molecule has 0 saturated heterocycles. The second kappa shape index (κ2) is 4.58. The Morgan fingerprint density at radius 1 is 1.57 bits per heavy atom. The summed E-state index contributed by atoms with van der Waals surface area (Å²) in [6.45, 7) is 5.73. The highest BCUT2D eigenvalue weighted by atomic mass is 35.5. The lowest BCUT2D eigenvalue weighted by atomic mass is 10.0. The molecule has 1 aromatic rings. The zero-order valence-electron chi connectivity index (χ0n) is 8.27. The van der Waals surface area contributed by atoms with Crippen molar-refractivity contribution in [2.24, 2.45) is 0 Å². The lowest BCUT2D eigenvalue weighted by molar-refractivity contribution is 0.615. The quantitative estimate of drug-likeness (QED) is 0.760. The Morgan fingerprint density at radius 3 is 2.64 bits per heavy atom. The summed E-state index contributed by atoms with van der Waals surface area (Å²) in [5.41, 5.74) is 1.77. The number of benzene rings is 1. The van der Waals surface area contributed by atoms with Gasteiger partial charge >= 0.3 is 0 Å². The molecular weight excluding hydrogens is 201 g/mol. The Kier molecular flexibility index (Phi) is 3.67. The smallest absolute Gasteiger partial charge is 0.142 e. The van der Waals surface area contributed by atoms with Crippen molar-refractivity contribution < 1.29 is 4.39 Å². The summed E-state index contributed by atoms with van der Waals surface area (Å²) in [4.78, 5) is 0. The van der Waals surface area contributed by atoms with E-state index in [0.717, 1.165) is 11.1 Å². The molecule has 1 nitrogen and oxygen atoms in total. The molecule has 1 aromatic carbocycles. The fourth-order valence-electron chi connectivity index (χ4n) is 1.39. The van der Waals surface area contributed by atoms with Crippen molar-refractivity contribution in [3.63, 3.8) is 0 Å². The van der Waals surface area contributed by atoms with Gasteiger partial charge in [-0.15, -0.1) is 0 Å². The summed E-state index contributed by atoms with van der Waals surface area (Å²) in [5.74, 6) is -0.398.